The second kappa shape index (κ2) is 6.45. The maximum Gasteiger partial charge on any atom is 0.335 e. The third kappa shape index (κ3) is 3.40. The van der Waals surface area contributed by atoms with Crippen LogP contribution in [-0.2, 0) is 19.2 Å². The van der Waals surface area contributed by atoms with Gasteiger partial charge >= 0.3 is 23.8 Å². The number of imide groups is 2. The molecule has 5 amide bonds. The van der Waals surface area contributed by atoms with E-state index in [2.05, 4.69) is 11.9 Å². The van der Waals surface area contributed by atoms with Crippen molar-refractivity contribution in [2.45, 2.75) is 6.42 Å². The number of carboxylic acids is 1. The summed E-state index contributed by atoms with van der Waals surface area (Å²) < 4.78 is 0. The highest BCUT2D eigenvalue weighted by molar-refractivity contribution is 6.45. The third-order valence-electron chi connectivity index (χ3n) is 2.41. The molecule has 9 heteroatoms. The molecule has 1 heterocycles. The van der Waals surface area contributed by atoms with E-state index in [4.69, 9.17) is 5.11 Å². The highest BCUT2D eigenvalue weighted by Crippen LogP contribution is 2.11. The number of amides is 5. The van der Waals surface area contributed by atoms with Gasteiger partial charge in [0.25, 0.3) is 0 Å². The van der Waals surface area contributed by atoms with E-state index >= 15 is 0 Å². The summed E-state index contributed by atoms with van der Waals surface area (Å²) in [6, 6.07) is -0.895. The van der Waals surface area contributed by atoms with Gasteiger partial charge in [0.2, 0.25) is 5.91 Å². The second-order valence-corrected chi connectivity index (χ2v) is 3.87. The minimum absolute atomic E-state index is 0.124. The van der Waals surface area contributed by atoms with Gasteiger partial charge in [0.1, 0.15) is 6.54 Å². The van der Waals surface area contributed by atoms with Crippen LogP contribution < -0.4 is 5.32 Å². The number of nitrogens with one attached hydrogen (secondary N) is 1. The van der Waals surface area contributed by atoms with Crippen molar-refractivity contribution in [3.63, 3.8) is 0 Å². The Morgan fingerprint density at radius 1 is 1.20 bits per heavy atom. The van der Waals surface area contributed by atoms with Crippen LogP contribution in [0.5, 0.6) is 0 Å². The smallest absolute Gasteiger partial charge is 0.335 e. The zero-order chi connectivity index (χ0) is 15.3. The monoisotopic (exact) mass is 283 g/mol. The van der Waals surface area contributed by atoms with Gasteiger partial charge in [0.05, 0.1) is 6.42 Å². The summed E-state index contributed by atoms with van der Waals surface area (Å²) in [7, 11) is 0. The number of hydrogen-bond donors (Lipinski definition) is 2. The Bertz CT molecular complexity index is 487. The molecule has 9 nitrogen and oxygen atoms in total. The quantitative estimate of drug-likeness (QED) is 0.335. The van der Waals surface area contributed by atoms with Crippen LogP contribution in [0.2, 0.25) is 0 Å². The van der Waals surface area contributed by atoms with Crippen LogP contribution in [0.1, 0.15) is 6.42 Å². The van der Waals surface area contributed by atoms with E-state index in [1.807, 2.05) is 0 Å². The lowest BCUT2D eigenvalue weighted by Crippen LogP contribution is -2.41. The van der Waals surface area contributed by atoms with Gasteiger partial charge < -0.3 is 10.4 Å². The Morgan fingerprint density at radius 2 is 1.80 bits per heavy atom. The Balaban J connectivity index is 2.59. The molecule has 108 valence electrons. The molecular weight excluding hydrogens is 270 g/mol. The van der Waals surface area contributed by atoms with Crippen LogP contribution in [0.25, 0.3) is 0 Å². The average molecular weight is 283 g/mol. The summed E-state index contributed by atoms with van der Waals surface area (Å²) in [5, 5.41) is 10.6. The number of urea groups is 1. The fourth-order valence-corrected chi connectivity index (χ4v) is 1.49. The summed E-state index contributed by atoms with van der Waals surface area (Å²) in [5.74, 6) is -3.93. The average Bonchev–Trinajstić information content (AvgIpc) is 2.56. The highest BCUT2D eigenvalue weighted by atomic mass is 16.4. The lowest BCUT2D eigenvalue weighted by Gasteiger charge is -2.13. The van der Waals surface area contributed by atoms with E-state index in [0.29, 0.717) is 9.80 Å². The van der Waals surface area contributed by atoms with Gasteiger partial charge in [-0.1, -0.05) is 6.08 Å². The number of rotatable bonds is 7. The van der Waals surface area contributed by atoms with Crippen LogP contribution in [0.4, 0.5) is 4.79 Å². The fraction of sp³-hybridized carbons (Fsp3) is 0.364. The summed E-state index contributed by atoms with van der Waals surface area (Å²) >= 11 is 0. The Hall–Kier alpha value is -2.71. The lowest BCUT2D eigenvalue weighted by atomic mass is 10.4. The van der Waals surface area contributed by atoms with Crippen molar-refractivity contribution < 1.29 is 29.1 Å². The first kappa shape index (κ1) is 15.3. The topological polar surface area (TPSA) is 124 Å². The van der Waals surface area contributed by atoms with Crippen LogP contribution in [0.15, 0.2) is 12.7 Å². The molecule has 0 aliphatic carbocycles. The van der Waals surface area contributed by atoms with Gasteiger partial charge in [-0.2, -0.15) is 0 Å². The molecule has 0 radical (unpaired) electrons. The van der Waals surface area contributed by atoms with Gasteiger partial charge in [0, 0.05) is 13.1 Å². The van der Waals surface area contributed by atoms with Crippen LogP contribution in [0, 0.1) is 0 Å². The maximum absolute atomic E-state index is 11.7. The van der Waals surface area contributed by atoms with Crippen molar-refractivity contribution in [3.05, 3.63) is 12.7 Å². The number of aliphatic carboxylic acids is 1. The van der Waals surface area contributed by atoms with Crippen LogP contribution in [-0.4, -0.2) is 64.3 Å². The Labute approximate surface area is 113 Å². The molecule has 2 N–H and O–H groups in total. The second-order valence-electron chi connectivity index (χ2n) is 3.87. The molecule has 0 atom stereocenters. The fourth-order valence-electron chi connectivity index (χ4n) is 1.49. The molecule has 0 aromatic rings. The first-order valence-corrected chi connectivity index (χ1v) is 5.65. The maximum atomic E-state index is 11.7. The molecule has 0 unspecified atom stereocenters. The normalized spacial score (nSPS) is 14.7. The number of carbonyl (C=O) groups excluding carboxylic acids is 4. The SMILES string of the molecule is C=CCN1C(=O)C(=O)N(CC(=O)NCCC(=O)O)C1=O. The molecule has 0 aromatic carbocycles. The molecule has 20 heavy (non-hydrogen) atoms. The molecule has 0 aromatic heterocycles. The van der Waals surface area contributed by atoms with E-state index in [-0.39, 0.29) is 19.5 Å². The lowest BCUT2D eigenvalue weighted by molar-refractivity contribution is -0.143. The summed E-state index contributed by atoms with van der Waals surface area (Å²) in [6.07, 6.45) is 0.995. The zero-order valence-electron chi connectivity index (χ0n) is 10.5. The standard InChI is InChI=1S/C11H13N3O6/c1-2-5-13-9(18)10(19)14(11(13)20)6-7(15)12-4-3-8(16)17/h2H,1,3-6H2,(H,12,15)(H,16,17). The molecular formula is C11H13N3O6. The highest BCUT2D eigenvalue weighted by Gasteiger charge is 2.44. The first-order chi connectivity index (χ1) is 9.38. The Kier molecular flexibility index (Phi) is 4.95. The molecule has 1 rings (SSSR count). The van der Waals surface area contributed by atoms with Gasteiger partial charge in [-0.15, -0.1) is 6.58 Å². The van der Waals surface area contributed by atoms with Crippen molar-refractivity contribution in [2.75, 3.05) is 19.6 Å². The molecule has 1 aliphatic rings. The van der Waals surface area contributed by atoms with E-state index in [0.717, 1.165) is 0 Å². The Morgan fingerprint density at radius 3 is 2.35 bits per heavy atom. The number of nitrogens with zero attached hydrogens (tertiary/aromatic N) is 2. The van der Waals surface area contributed by atoms with Crippen LogP contribution >= 0.6 is 0 Å². The minimum Gasteiger partial charge on any atom is -0.481 e. The first-order valence-electron chi connectivity index (χ1n) is 5.65. The molecule has 0 bridgehead atoms. The minimum atomic E-state index is -1.09. The van der Waals surface area contributed by atoms with Crippen molar-refractivity contribution in [3.8, 4) is 0 Å². The van der Waals surface area contributed by atoms with Crippen molar-refractivity contribution in [2.24, 2.45) is 0 Å². The van der Waals surface area contributed by atoms with Gasteiger partial charge in [-0.05, 0) is 0 Å². The molecule has 1 fully saturated rings. The zero-order valence-corrected chi connectivity index (χ0v) is 10.5. The van der Waals surface area contributed by atoms with Gasteiger partial charge in [-0.25, -0.2) is 9.69 Å². The van der Waals surface area contributed by atoms with E-state index in [9.17, 15) is 24.0 Å². The van der Waals surface area contributed by atoms with Gasteiger partial charge in [-0.3, -0.25) is 24.1 Å². The van der Waals surface area contributed by atoms with E-state index in [1.54, 1.807) is 0 Å². The van der Waals surface area contributed by atoms with E-state index in [1.165, 1.54) is 6.08 Å². The number of carboxylic acid groups (broad SMARTS) is 1. The van der Waals surface area contributed by atoms with Crippen molar-refractivity contribution in [1.82, 2.24) is 15.1 Å². The van der Waals surface area contributed by atoms with Gasteiger partial charge in [0.15, 0.2) is 0 Å². The van der Waals surface area contributed by atoms with Crippen molar-refractivity contribution >= 4 is 29.7 Å². The summed E-state index contributed by atoms with van der Waals surface area (Å²) in [4.78, 5) is 57.6. The number of hydrogen-bond acceptors (Lipinski definition) is 5. The van der Waals surface area contributed by atoms with Crippen molar-refractivity contribution in [1.29, 1.82) is 0 Å². The molecule has 1 saturated heterocycles. The van der Waals surface area contributed by atoms with E-state index < -0.39 is 36.3 Å². The molecule has 0 saturated carbocycles. The predicted octanol–water partition coefficient (Wildman–Crippen LogP) is -1.45. The summed E-state index contributed by atoms with van der Waals surface area (Å²) in [5.41, 5.74) is 0. The van der Waals surface area contributed by atoms with Crippen LogP contribution in [0.3, 0.4) is 0 Å². The molecule has 1 aliphatic heterocycles. The largest absolute Gasteiger partial charge is 0.481 e. The predicted molar refractivity (Wildman–Crippen MR) is 64.3 cm³/mol. The third-order valence-corrected chi connectivity index (χ3v) is 2.41. The molecule has 0 spiro atoms. The number of carbonyl (C=O) groups is 5. The summed E-state index contributed by atoms with van der Waals surface area (Å²) in [6.45, 7) is 2.47.